The van der Waals surface area contributed by atoms with E-state index < -0.39 is 36.8 Å². The van der Waals surface area contributed by atoms with Crippen LogP contribution in [0, 0.1) is 11.6 Å². The lowest BCUT2D eigenvalue weighted by atomic mass is 9.89. The highest BCUT2D eigenvalue weighted by molar-refractivity contribution is 6.15. The van der Waals surface area contributed by atoms with Crippen LogP contribution in [0.4, 0.5) is 8.78 Å². The fourth-order valence-corrected chi connectivity index (χ4v) is 5.87. The number of carbonyl (C=O) groups is 4. The number of hydrogen-bond donors (Lipinski definition) is 0. The van der Waals surface area contributed by atoms with Crippen LogP contribution in [0.5, 0.6) is 11.5 Å². The van der Waals surface area contributed by atoms with Gasteiger partial charge in [-0.2, -0.15) is 0 Å². The molecule has 0 saturated carbocycles. The van der Waals surface area contributed by atoms with Crippen molar-refractivity contribution in [2.24, 2.45) is 0 Å². The van der Waals surface area contributed by atoms with Crippen molar-refractivity contribution in [2.45, 2.75) is 13.8 Å². The standard InChI is InChI=1S/C42H32F2O8/c1-3-49-37(45)23-51-35-19-11-27-21-29(41(47)25-5-13-31(43)14-6-25)9-17-33(27)39(35)40-34-18-10-30(42(48)26-7-15-32(44)16-8-26)22-28(34)12-20-36(40)52-24-38(46)50-4-2/h5-22H,3-4,23-24H2,1-2H3. The number of ketones is 2. The van der Waals surface area contributed by atoms with Gasteiger partial charge in [-0.25, -0.2) is 18.4 Å². The van der Waals surface area contributed by atoms with E-state index in [9.17, 15) is 28.0 Å². The lowest BCUT2D eigenvalue weighted by Crippen LogP contribution is -2.16. The molecule has 0 spiro atoms. The molecule has 0 radical (unpaired) electrons. The summed E-state index contributed by atoms with van der Waals surface area (Å²) in [7, 11) is 0. The van der Waals surface area contributed by atoms with Gasteiger partial charge in [0.2, 0.25) is 0 Å². The lowest BCUT2D eigenvalue weighted by molar-refractivity contribution is -0.146. The van der Waals surface area contributed by atoms with Crippen LogP contribution >= 0.6 is 0 Å². The van der Waals surface area contributed by atoms with Crippen LogP contribution in [0.3, 0.4) is 0 Å². The molecule has 0 amide bonds. The first-order valence-corrected chi connectivity index (χ1v) is 16.5. The largest absolute Gasteiger partial charge is 0.481 e. The molecule has 0 fully saturated rings. The van der Waals surface area contributed by atoms with Crippen LogP contribution in [0.15, 0.2) is 109 Å². The zero-order valence-corrected chi connectivity index (χ0v) is 28.2. The molecule has 10 heteroatoms. The van der Waals surface area contributed by atoms with Gasteiger partial charge in [-0.3, -0.25) is 9.59 Å². The summed E-state index contributed by atoms with van der Waals surface area (Å²) in [6.07, 6.45) is 0. The summed E-state index contributed by atoms with van der Waals surface area (Å²) in [5.41, 5.74) is 2.28. The quantitative estimate of drug-likeness (QED) is 0.0875. The predicted molar refractivity (Wildman–Crippen MR) is 191 cm³/mol. The van der Waals surface area contributed by atoms with Crippen molar-refractivity contribution in [2.75, 3.05) is 26.4 Å². The summed E-state index contributed by atoms with van der Waals surface area (Å²) in [6, 6.07) is 27.5. The summed E-state index contributed by atoms with van der Waals surface area (Å²) < 4.78 is 49.5. The summed E-state index contributed by atoms with van der Waals surface area (Å²) in [5.74, 6) is -2.17. The third-order valence-corrected chi connectivity index (χ3v) is 8.25. The van der Waals surface area contributed by atoms with Gasteiger partial charge in [0, 0.05) is 33.4 Å². The third-order valence-electron chi connectivity index (χ3n) is 8.25. The summed E-state index contributed by atoms with van der Waals surface area (Å²) in [5, 5.41) is 2.47. The predicted octanol–water partition coefficient (Wildman–Crippen LogP) is 8.28. The highest BCUT2D eigenvalue weighted by atomic mass is 19.1. The molecule has 6 aromatic rings. The Morgan fingerprint density at radius 1 is 0.481 bits per heavy atom. The molecule has 0 atom stereocenters. The van der Waals surface area contributed by atoms with Gasteiger partial charge >= 0.3 is 11.9 Å². The van der Waals surface area contributed by atoms with Gasteiger partial charge in [-0.1, -0.05) is 36.4 Å². The highest BCUT2D eigenvalue weighted by Crippen LogP contribution is 2.46. The van der Waals surface area contributed by atoms with E-state index in [-0.39, 0.29) is 36.3 Å². The topological polar surface area (TPSA) is 105 Å². The summed E-state index contributed by atoms with van der Waals surface area (Å²) >= 11 is 0. The maximum atomic E-state index is 13.6. The van der Waals surface area contributed by atoms with E-state index in [0.29, 0.717) is 54.9 Å². The minimum Gasteiger partial charge on any atom is -0.481 e. The molecular weight excluding hydrogens is 670 g/mol. The Balaban J connectivity index is 1.54. The number of benzene rings is 6. The Bertz CT molecular complexity index is 2150. The van der Waals surface area contributed by atoms with Crippen molar-refractivity contribution in [3.8, 4) is 22.6 Å². The van der Waals surface area contributed by atoms with E-state index in [1.807, 2.05) is 0 Å². The number of fused-ring (bicyclic) bond motifs is 2. The number of rotatable bonds is 13. The number of halogens is 2. The second-order valence-corrected chi connectivity index (χ2v) is 11.6. The molecule has 262 valence electrons. The smallest absolute Gasteiger partial charge is 0.344 e. The van der Waals surface area contributed by atoms with Crippen molar-refractivity contribution in [3.63, 3.8) is 0 Å². The number of hydrogen-bond acceptors (Lipinski definition) is 8. The molecule has 0 unspecified atom stereocenters. The van der Waals surface area contributed by atoms with Crippen LogP contribution in [0.1, 0.15) is 45.7 Å². The average molecular weight is 703 g/mol. The monoisotopic (exact) mass is 702 g/mol. The van der Waals surface area contributed by atoms with E-state index in [2.05, 4.69) is 0 Å². The van der Waals surface area contributed by atoms with E-state index in [1.165, 1.54) is 48.5 Å². The molecule has 0 aliphatic heterocycles. The Labute approximate surface area is 297 Å². The molecule has 0 bridgehead atoms. The van der Waals surface area contributed by atoms with Crippen LogP contribution in [0.25, 0.3) is 32.7 Å². The van der Waals surface area contributed by atoms with E-state index >= 15 is 0 Å². The molecule has 0 heterocycles. The maximum absolute atomic E-state index is 13.6. The number of esters is 2. The van der Waals surface area contributed by atoms with Crippen molar-refractivity contribution < 1.29 is 46.9 Å². The molecule has 0 saturated heterocycles. The van der Waals surface area contributed by atoms with Crippen molar-refractivity contribution in [3.05, 3.63) is 143 Å². The first-order chi connectivity index (χ1) is 25.2. The molecule has 6 rings (SSSR count). The van der Waals surface area contributed by atoms with Gasteiger partial charge in [0.05, 0.1) is 13.2 Å². The van der Waals surface area contributed by atoms with Gasteiger partial charge in [-0.05, 0) is 108 Å². The summed E-state index contributed by atoms with van der Waals surface area (Å²) in [4.78, 5) is 51.6. The number of ether oxygens (including phenoxy) is 4. The second-order valence-electron chi connectivity index (χ2n) is 11.6. The minimum atomic E-state index is -0.588. The highest BCUT2D eigenvalue weighted by Gasteiger charge is 2.23. The molecule has 0 aromatic heterocycles. The normalized spacial score (nSPS) is 10.9. The van der Waals surface area contributed by atoms with Crippen LogP contribution in [0.2, 0.25) is 0 Å². The zero-order chi connectivity index (χ0) is 36.8. The fraction of sp³-hybridized carbons (Fsp3) is 0.143. The molecule has 6 aromatic carbocycles. The van der Waals surface area contributed by atoms with Gasteiger partial charge in [-0.15, -0.1) is 0 Å². The Morgan fingerprint density at radius 2 is 0.846 bits per heavy atom. The van der Waals surface area contributed by atoms with E-state index in [0.717, 1.165) is 0 Å². The Morgan fingerprint density at radius 3 is 1.21 bits per heavy atom. The van der Waals surface area contributed by atoms with Crippen molar-refractivity contribution in [1.82, 2.24) is 0 Å². The second kappa shape index (κ2) is 15.6. The first-order valence-electron chi connectivity index (χ1n) is 16.5. The van der Waals surface area contributed by atoms with E-state index in [4.69, 9.17) is 18.9 Å². The van der Waals surface area contributed by atoms with Gasteiger partial charge in [0.1, 0.15) is 23.1 Å². The van der Waals surface area contributed by atoms with E-state index in [1.54, 1.807) is 74.5 Å². The molecule has 0 aliphatic rings. The Hall–Kier alpha value is -6.42. The Kier molecular flexibility index (Phi) is 10.6. The molecule has 0 N–H and O–H groups in total. The first kappa shape index (κ1) is 35.4. The number of carbonyl (C=O) groups excluding carboxylic acids is 4. The van der Waals surface area contributed by atoms with Crippen LogP contribution < -0.4 is 9.47 Å². The van der Waals surface area contributed by atoms with Gasteiger partial charge in [0.15, 0.2) is 24.8 Å². The molecule has 52 heavy (non-hydrogen) atoms. The van der Waals surface area contributed by atoms with Crippen molar-refractivity contribution in [1.29, 1.82) is 0 Å². The minimum absolute atomic E-state index is 0.159. The zero-order valence-electron chi connectivity index (χ0n) is 28.2. The third kappa shape index (κ3) is 7.66. The van der Waals surface area contributed by atoms with Gasteiger partial charge < -0.3 is 18.9 Å². The van der Waals surface area contributed by atoms with Gasteiger partial charge in [0.25, 0.3) is 0 Å². The molecule has 0 aliphatic carbocycles. The van der Waals surface area contributed by atoms with Crippen LogP contribution in [-0.4, -0.2) is 49.9 Å². The SMILES string of the molecule is CCOC(=O)COc1ccc2cc(C(=O)c3ccc(F)cc3)ccc2c1-c1c(OCC(=O)OCC)ccc2cc(C(=O)c3ccc(F)cc3)ccc12. The van der Waals surface area contributed by atoms with Crippen molar-refractivity contribution >= 4 is 45.0 Å². The fourth-order valence-electron chi connectivity index (χ4n) is 5.87. The van der Waals surface area contributed by atoms with Crippen LogP contribution in [-0.2, 0) is 19.1 Å². The average Bonchev–Trinajstić information content (AvgIpc) is 3.15. The molecule has 8 nitrogen and oxygen atoms in total. The lowest BCUT2D eigenvalue weighted by Gasteiger charge is -2.20. The summed E-state index contributed by atoms with van der Waals surface area (Å²) in [6.45, 7) is 2.86. The maximum Gasteiger partial charge on any atom is 0.344 e. The molecular formula is C42H32F2O8.